The molecule has 3 fully saturated rings. The van der Waals surface area contributed by atoms with E-state index in [2.05, 4.69) is 49.3 Å². The Kier molecular flexibility index (Phi) is 3.03. The molecule has 1 aromatic carbocycles. The number of nitrogens with one attached hydrogen (secondary N) is 1. The minimum absolute atomic E-state index is 0.0204. The lowest BCUT2D eigenvalue weighted by Crippen LogP contribution is -2.71. The Balaban J connectivity index is 1.72. The lowest BCUT2D eigenvalue weighted by atomic mass is 9.62. The molecular formula is C21H25N2O2+. The van der Waals surface area contributed by atoms with Crippen LogP contribution in [0.4, 0.5) is 0 Å². The smallest absolute Gasteiger partial charge is 0.315 e. The Morgan fingerprint density at radius 2 is 2.16 bits per heavy atom. The standard InChI is InChI=1S/C21H25N2O2/c1-4-12-11-23(2)17-10-15-13-7-5-6-8-16(13)22-20(15)18(23)9-14(12)19(17)21(24)25-3/h4-8,14,17-19,22H,9-11H2,1-3H3/q+1/b12-4+/t14-,17+,18-,19?,23?/m1/s1. The number of hydrogen-bond donors (Lipinski definition) is 1. The van der Waals surface area contributed by atoms with Crippen molar-refractivity contribution in [2.75, 3.05) is 20.7 Å². The molecule has 0 radical (unpaired) electrons. The highest BCUT2D eigenvalue weighted by Gasteiger charge is 2.63. The lowest BCUT2D eigenvalue weighted by Gasteiger charge is -2.62. The van der Waals surface area contributed by atoms with Gasteiger partial charge in [-0.1, -0.05) is 24.3 Å². The fraction of sp³-hybridized carbons (Fsp3) is 0.476. The Morgan fingerprint density at radius 1 is 1.36 bits per heavy atom. The van der Waals surface area contributed by atoms with Gasteiger partial charge in [-0.25, -0.2) is 0 Å². The third-order valence-corrected chi connectivity index (χ3v) is 7.23. The molecule has 4 bridgehead atoms. The number of H-pyrrole nitrogens is 1. The number of likely N-dealkylation sites (N-methyl/N-ethyl adjacent to an activating group) is 1. The molecule has 2 aromatic rings. The van der Waals surface area contributed by atoms with E-state index in [1.54, 1.807) is 0 Å². The van der Waals surface area contributed by atoms with Crippen molar-refractivity contribution >= 4 is 16.9 Å². The molecule has 4 aliphatic rings. The van der Waals surface area contributed by atoms with E-state index < -0.39 is 0 Å². The van der Waals surface area contributed by atoms with Gasteiger partial charge in [0, 0.05) is 29.7 Å². The van der Waals surface area contributed by atoms with Crippen LogP contribution in [0.25, 0.3) is 10.9 Å². The van der Waals surface area contributed by atoms with Gasteiger partial charge in [-0.05, 0) is 24.1 Å². The molecule has 4 nitrogen and oxygen atoms in total. The van der Waals surface area contributed by atoms with Crippen molar-refractivity contribution in [1.29, 1.82) is 0 Å². The number of nitrogens with zero attached hydrogens (tertiary/aromatic N) is 1. The number of benzene rings is 1. The third-order valence-electron chi connectivity index (χ3n) is 7.23. The number of para-hydroxylation sites is 1. The number of fused-ring (bicyclic) bond motifs is 4. The predicted molar refractivity (Wildman–Crippen MR) is 97.0 cm³/mol. The summed E-state index contributed by atoms with van der Waals surface area (Å²) in [6, 6.07) is 9.35. The topological polar surface area (TPSA) is 42.1 Å². The number of esters is 1. The van der Waals surface area contributed by atoms with Crippen molar-refractivity contribution < 1.29 is 14.0 Å². The number of allylic oxidation sites excluding steroid dienone is 1. The van der Waals surface area contributed by atoms with E-state index in [0.29, 0.717) is 18.0 Å². The number of aromatic nitrogens is 1. The molecule has 5 heterocycles. The highest BCUT2D eigenvalue weighted by molar-refractivity contribution is 5.85. The number of ether oxygens (including phenoxy) is 1. The summed E-state index contributed by atoms with van der Waals surface area (Å²) in [5.74, 6) is 0.278. The zero-order chi connectivity index (χ0) is 17.3. The summed E-state index contributed by atoms with van der Waals surface area (Å²) in [5, 5.41) is 1.33. The normalized spacial score (nSPS) is 37.3. The summed E-state index contributed by atoms with van der Waals surface area (Å²) in [7, 11) is 3.88. The number of hydrogen-bond acceptors (Lipinski definition) is 2. The number of carbonyl (C=O) groups excluding carboxylic acids is 1. The Hall–Kier alpha value is -2.07. The van der Waals surface area contributed by atoms with Crippen LogP contribution in [-0.4, -0.2) is 42.2 Å². The first-order valence-electron chi connectivity index (χ1n) is 9.25. The minimum Gasteiger partial charge on any atom is -0.469 e. The van der Waals surface area contributed by atoms with Gasteiger partial charge in [0.25, 0.3) is 0 Å². The molecule has 4 aliphatic heterocycles. The second-order valence-electron chi connectivity index (χ2n) is 8.11. The first kappa shape index (κ1) is 15.2. The van der Waals surface area contributed by atoms with Gasteiger partial charge >= 0.3 is 5.97 Å². The highest BCUT2D eigenvalue weighted by atomic mass is 16.5. The maximum atomic E-state index is 12.7. The average Bonchev–Trinajstić information content (AvgIpc) is 2.98. The predicted octanol–water partition coefficient (Wildman–Crippen LogP) is 3.35. The number of quaternary nitrogens is 1. The van der Waals surface area contributed by atoms with Crippen LogP contribution in [0.1, 0.15) is 30.6 Å². The largest absolute Gasteiger partial charge is 0.469 e. The van der Waals surface area contributed by atoms with Crippen LogP contribution in [0.15, 0.2) is 35.9 Å². The summed E-state index contributed by atoms with van der Waals surface area (Å²) >= 11 is 0. The van der Waals surface area contributed by atoms with Gasteiger partial charge < -0.3 is 14.2 Å². The zero-order valence-electron chi connectivity index (χ0n) is 15.1. The summed E-state index contributed by atoms with van der Waals surface area (Å²) in [6.45, 7) is 3.17. The van der Waals surface area contributed by atoms with Crippen LogP contribution in [0, 0.1) is 11.8 Å². The van der Waals surface area contributed by atoms with Crippen molar-refractivity contribution in [2.24, 2.45) is 11.8 Å². The van der Waals surface area contributed by atoms with Gasteiger partial charge in [-0.15, -0.1) is 0 Å². The SMILES string of the molecule is C/C=C1\C[N+]2(C)[C@@H]3C[C@H]1C(C(=O)OC)[C@@H]2Cc1c3[nH]c2ccccc12. The fourth-order valence-electron chi connectivity index (χ4n) is 6.06. The van der Waals surface area contributed by atoms with Gasteiger partial charge in [0.1, 0.15) is 24.5 Å². The molecule has 1 N–H and O–H groups in total. The maximum absolute atomic E-state index is 12.7. The number of aromatic amines is 1. The zero-order valence-corrected chi connectivity index (χ0v) is 15.1. The summed E-state index contributed by atoms with van der Waals surface area (Å²) < 4.78 is 6.18. The second-order valence-corrected chi connectivity index (χ2v) is 8.11. The van der Waals surface area contributed by atoms with E-state index in [9.17, 15) is 4.79 Å². The van der Waals surface area contributed by atoms with Crippen molar-refractivity contribution in [1.82, 2.24) is 4.98 Å². The highest BCUT2D eigenvalue weighted by Crippen LogP contribution is 2.58. The molecule has 5 atom stereocenters. The monoisotopic (exact) mass is 337 g/mol. The second kappa shape index (κ2) is 4.98. The van der Waals surface area contributed by atoms with Gasteiger partial charge in [-0.3, -0.25) is 4.79 Å². The fourth-order valence-corrected chi connectivity index (χ4v) is 6.06. The van der Waals surface area contributed by atoms with Crippen LogP contribution >= 0.6 is 0 Å². The first-order valence-corrected chi connectivity index (χ1v) is 9.25. The van der Waals surface area contributed by atoms with E-state index in [4.69, 9.17) is 4.74 Å². The van der Waals surface area contributed by atoms with Crippen LogP contribution in [0.3, 0.4) is 0 Å². The summed E-state index contributed by atoms with van der Waals surface area (Å²) in [4.78, 5) is 16.4. The molecule has 1 aromatic heterocycles. The van der Waals surface area contributed by atoms with E-state index in [1.165, 1.54) is 34.8 Å². The molecule has 0 aliphatic carbocycles. The molecule has 0 spiro atoms. The van der Waals surface area contributed by atoms with Gasteiger partial charge in [0.2, 0.25) is 0 Å². The lowest BCUT2D eigenvalue weighted by molar-refractivity contribution is -0.977. The minimum atomic E-state index is -0.0276. The van der Waals surface area contributed by atoms with Gasteiger partial charge in [-0.2, -0.15) is 0 Å². The van der Waals surface area contributed by atoms with Crippen LogP contribution in [0.2, 0.25) is 0 Å². The quantitative estimate of drug-likeness (QED) is 0.493. The van der Waals surface area contributed by atoms with Crippen LogP contribution in [-0.2, 0) is 16.0 Å². The van der Waals surface area contributed by atoms with Crippen LogP contribution in [0.5, 0.6) is 0 Å². The number of rotatable bonds is 1. The van der Waals surface area contributed by atoms with Crippen molar-refractivity contribution in [2.45, 2.75) is 31.8 Å². The molecule has 4 heteroatoms. The molecule has 6 rings (SSSR count). The maximum Gasteiger partial charge on any atom is 0.315 e. The van der Waals surface area contributed by atoms with Gasteiger partial charge in [0.05, 0.1) is 19.9 Å². The van der Waals surface area contributed by atoms with E-state index in [0.717, 1.165) is 23.9 Å². The number of piperidine rings is 3. The summed E-state index contributed by atoms with van der Waals surface area (Å²) in [5.41, 5.74) is 5.50. The van der Waals surface area contributed by atoms with Crippen molar-refractivity contribution in [3.05, 3.63) is 47.2 Å². The molecule has 130 valence electrons. The molecule has 2 unspecified atom stereocenters. The third kappa shape index (κ3) is 1.78. The van der Waals surface area contributed by atoms with E-state index in [1.807, 2.05) is 0 Å². The Labute approximate surface area is 148 Å². The summed E-state index contributed by atoms with van der Waals surface area (Å²) in [6.07, 6.45) is 4.23. The Bertz CT molecular complexity index is 912. The van der Waals surface area contributed by atoms with Crippen LogP contribution < -0.4 is 0 Å². The molecule has 25 heavy (non-hydrogen) atoms. The van der Waals surface area contributed by atoms with Crippen molar-refractivity contribution in [3.63, 3.8) is 0 Å². The van der Waals surface area contributed by atoms with Crippen molar-refractivity contribution in [3.8, 4) is 0 Å². The molecule has 0 saturated carbocycles. The molecular weight excluding hydrogens is 312 g/mol. The molecule has 0 amide bonds. The average molecular weight is 337 g/mol. The number of carbonyl (C=O) groups is 1. The van der Waals surface area contributed by atoms with E-state index >= 15 is 0 Å². The molecule has 3 saturated heterocycles. The first-order chi connectivity index (χ1) is 12.1. The van der Waals surface area contributed by atoms with Gasteiger partial charge in [0.15, 0.2) is 0 Å². The Morgan fingerprint density at radius 3 is 2.92 bits per heavy atom. The number of methoxy groups -OCH3 is 1. The van der Waals surface area contributed by atoms with E-state index in [-0.39, 0.29) is 11.9 Å².